The molecule has 1 aliphatic rings. The van der Waals surface area contributed by atoms with Gasteiger partial charge >= 0.3 is 5.91 Å². The Morgan fingerprint density at radius 2 is 2.00 bits per heavy atom. The molecule has 92 valence electrons. The number of hydrogen-bond donors (Lipinski definition) is 1. The molecular formula is C13H13N3O2. The van der Waals surface area contributed by atoms with E-state index in [1.807, 2.05) is 30.5 Å². The minimum absolute atomic E-state index is 0.0602. The number of pyridine rings is 1. The van der Waals surface area contributed by atoms with E-state index in [0.29, 0.717) is 13.2 Å². The largest absolute Gasteiger partial charge is 0.472 e. The number of para-hydroxylation sites is 1. The molecule has 0 fully saturated rings. The van der Waals surface area contributed by atoms with Crippen molar-refractivity contribution in [1.82, 2.24) is 4.98 Å². The van der Waals surface area contributed by atoms with Crippen LogP contribution < -0.4 is 5.73 Å². The zero-order chi connectivity index (χ0) is 12.8. The van der Waals surface area contributed by atoms with Gasteiger partial charge in [0, 0.05) is 11.6 Å². The first-order valence-corrected chi connectivity index (χ1v) is 5.54. The Hall–Kier alpha value is -2.43. The smallest absolute Gasteiger partial charge is 0.303 e. The van der Waals surface area contributed by atoms with Gasteiger partial charge < -0.3 is 10.5 Å². The number of fused-ring (bicyclic) bond motifs is 1. The average molecular weight is 243 g/mol. The Morgan fingerprint density at radius 1 is 1.22 bits per heavy atom. The number of benzene rings is 1. The minimum Gasteiger partial charge on any atom is -0.472 e. The number of nitrogens with zero attached hydrogens (tertiary/aromatic N) is 2. The topological polar surface area (TPSA) is 77.6 Å². The van der Waals surface area contributed by atoms with Crippen LogP contribution in [0.3, 0.4) is 0 Å². The highest BCUT2D eigenvalue weighted by Crippen LogP contribution is 2.07. The Labute approximate surface area is 104 Å². The van der Waals surface area contributed by atoms with E-state index in [2.05, 4.69) is 26.8 Å². The number of aliphatic imine (C=N–C) groups is 1. The summed E-state index contributed by atoms with van der Waals surface area (Å²) in [5.74, 6) is -0.521. The molecule has 2 heterocycles. The lowest BCUT2D eigenvalue weighted by atomic mass is 10.2. The molecule has 3 rings (SSSR count). The van der Waals surface area contributed by atoms with Crippen molar-refractivity contribution in [3.05, 3.63) is 42.6 Å². The fraction of sp³-hybridized carbons (Fsp3) is 0.154. The highest BCUT2D eigenvalue weighted by atomic mass is 16.5. The number of rotatable bonds is 1. The van der Waals surface area contributed by atoms with E-state index in [1.54, 1.807) is 0 Å². The summed E-state index contributed by atoms with van der Waals surface area (Å²) in [4.78, 5) is 18.0. The molecule has 0 aliphatic carbocycles. The van der Waals surface area contributed by atoms with Crippen LogP contribution in [0.1, 0.15) is 0 Å². The molecule has 1 aromatic carbocycles. The Kier molecular flexibility index (Phi) is 3.86. The molecule has 0 saturated heterocycles. The van der Waals surface area contributed by atoms with Crippen molar-refractivity contribution in [2.75, 3.05) is 13.2 Å². The SMILES string of the molecule is NC(=O)C1=NCCO1.c1ccc2ncccc2c1. The normalized spacial score (nSPS) is 13.2. The zero-order valence-electron chi connectivity index (χ0n) is 9.74. The van der Waals surface area contributed by atoms with E-state index in [1.165, 1.54) is 5.39 Å². The summed E-state index contributed by atoms with van der Waals surface area (Å²) in [5, 5.41) is 1.20. The summed E-state index contributed by atoms with van der Waals surface area (Å²) < 4.78 is 4.69. The number of ether oxygens (including phenoxy) is 1. The highest BCUT2D eigenvalue weighted by molar-refractivity contribution is 6.34. The fourth-order valence-corrected chi connectivity index (χ4v) is 1.50. The molecule has 0 saturated carbocycles. The van der Waals surface area contributed by atoms with E-state index in [0.717, 1.165) is 5.52 Å². The van der Waals surface area contributed by atoms with Gasteiger partial charge in [0.25, 0.3) is 5.90 Å². The van der Waals surface area contributed by atoms with Crippen LogP contribution in [0, 0.1) is 0 Å². The Bertz CT molecular complexity index is 516. The Balaban J connectivity index is 0.000000138. The lowest BCUT2D eigenvalue weighted by Crippen LogP contribution is -2.22. The number of carbonyl (C=O) groups is 1. The third-order valence-corrected chi connectivity index (χ3v) is 2.31. The molecular weight excluding hydrogens is 230 g/mol. The van der Waals surface area contributed by atoms with Crippen molar-refractivity contribution >= 4 is 22.7 Å². The number of aromatic nitrogens is 1. The number of primary amides is 1. The molecule has 2 aromatic rings. The van der Waals surface area contributed by atoms with Crippen molar-refractivity contribution in [3.8, 4) is 0 Å². The van der Waals surface area contributed by atoms with Gasteiger partial charge in [-0.1, -0.05) is 24.3 Å². The average Bonchev–Trinajstić information content (AvgIpc) is 2.94. The van der Waals surface area contributed by atoms with Gasteiger partial charge in [0.15, 0.2) is 0 Å². The number of nitrogens with two attached hydrogens (primary N) is 1. The monoisotopic (exact) mass is 243 g/mol. The first-order valence-electron chi connectivity index (χ1n) is 5.54. The molecule has 0 atom stereocenters. The molecule has 0 bridgehead atoms. The molecule has 0 unspecified atom stereocenters. The molecule has 1 aliphatic heterocycles. The van der Waals surface area contributed by atoms with Crippen LogP contribution in [-0.2, 0) is 9.53 Å². The molecule has 0 radical (unpaired) electrons. The maximum atomic E-state index is 10.2. The second-order valence-corrected chi connectivity index (χ2v) is 3.60. The van der Waals surface area contributed by atoms with Gasteiger partial charge in [-0.05, 0) is 12.1 Å². The number of amides is 1. The third kappa shape index (κ3) is 3.04. The predicted molar refractivity (Wildman–Crippen MR) is 69.2 cm³/mol. The number of carbonyl (C=O) groups excluding carboxylic acids is 1. The first kappa shape index (κ1) is 12.0. The summed E-state index contributed by atoms with van der Waals surface area (Å²) in [6, 6.07) is 12.1. The molecule has 5 heteroatoms. The third-order valence-electron chi connectivity index (χ3n) is 2.31. The molecule has 1 aromatic heterocycles. The van der Waals surface area contributed by atoms with Gasteiger partial charge in [-0.15, -0.1) is 0 Å². The van der Waals surface area contributed by atoms with E-state index in [9.17, 15) is 4.79 Å². The minimum atomic E-state index is -0.581. The first-order chi connectivity index (χ1) is 8.77. The standard InChI is InChI=1S/C9H7N.C4H6N2O2/c1-2-6-9-8(4-1)5-3-7-10-9;5-3(7)4-6-1-2-8-4/h1-7H;1-2H2,(H2,5,7). The van der Waals surface area contributed by atoms with Gasteiger partial charge in [0.05, 0.1) is 12.1 Å². The van der Waals surface area contributed by atoms with E-state index < -0.39 is 5.91 Å². The zero-order valence-corrected chi connectivity index (χ0v) is 9.74. The highest BCUT2D eigenvalue weighted by Gasteiger charge is 2.11. The van der Waals surface area contributed by atoms with Crippen LogP contribution in [0.25, 0.3) is 10.9 Å². The van der Waals surface area contributed by atoms with Crippen LogP contribution in [0.2, 0.25) is 0 Å². The summed E-state index contributed by atoms with van der Waals surface area (Å²) in [6.45, 7) is 1.04. The summed E-state index contributed by atoms with van der Waals surface area (Å²) in [5.41, 5.74) is 5.86. The van der Waals surface area contributed by atoms with Crippen molar-refractivity contribution in [3.63, 3.8) is 0 Å². The summed E-state index contributed by atoms with van der Waals surface area (Å²) >= 11 is 0. The molecule has 2 N–H and O–H groups in total. The van der Waals surface area contributed by atoms with Crippen molar-refractivity contribution in [2.24, 2.45) is 10.7 Å². The van der Waals surface area contributed by atoms with E-state index in [-0.39, 0.29) is 5.90 Å². The van der Waals surface area contributed by atoms with E-state index in [4.69, 9.17) is 5.73 Å². The summed E-state index contributed by atoms with van der Waals surface area (Å²) in [6.07, 6.45) is 1.81. The van der Waals surface area contributed by atoms with Crippen LogP contribution in [0.4, 0.5) is 0 Å². The van der Waals surface area contributed by atoms with Gasteiger partial charge in [-0.2, -0.15) is 0 Å². The Morgan fingerprint density at radius 3 is 2.61 bits per heavy atom. The molecule has 18 heavy (non-hydrogen) atoms. The van der Waals surface area contributed by atoms with Gasteiger partial charge in [0.2, 0.25) is 0 Å². The maximum Gasteiger partial charge on any atom is 0.303 e. The van der Waals surface area contributed by atoms with Crippen molar-refractivity contribution in [1.29, 1.82) is 0 Å². The van der Waals surface area contributed by atoms with Crippen LogP contribution >= 0.6 is 0 Å². The van der Waals surface area contributed by atoms with E-state index >= 15 is 0 Å². The molecule has 0 spiro atoms. The van der Waals surface area contributed by atoms with Crippen LogP contribution in [-0.4, -0.2) is 29.9 Å². The van der Waals surface area contributed by atoms with Crippen molar-refractivity contribution in [2.45, 2.75) is 0 Å². The van der Waals surface area contributed by atoms with Gasteiger partial charge in [0.1, 0.15) is 6.61 Å². The lowest BCUT2D eigenvalue weighted by Gasteiger charge is -1.91. The van der Waals surface area contributed by atoms with Crippen LogP contribution in [0.15, 0.2) is 47.6 Å². The number of hydrogen-bond acceptors (Lipinski definition) is 4. The van der Waals surface area contributed by atoms with Gasteiger partial charge in [-0.25, -0.2) is 4.99 Å². The molecule has 5 nitrogen and oxygen atoms in total. The maximum absolute atomic E-state index is 10.2. The molecule has 1 amide bonds. The quantitative estimate of drug-likeness (QED) is 0.815. The second-order valence-electron chi connectivity index (χ2n) is 3.60. The fourth-order valence-electron chi connectivity index (χ4n) is 1.50. The lowest BCUT2D eigenvalue weighted by molar-refractivity contribution is -0.113. The summed E-state index contributed by atoms with van der Waals surface area (Å²) in [7, 11) is 0. The predicted octanol–water partition coefficient (Wildman–Crippen LogP) is 1.14. The second kappa shape index (κ2) is 5.77. The van der Waals surface area contributed by atoms with Gasteiger partial charge in [-0.3, -0.25) is 9.78 Å². The van der Waals surface area contributed by atoms with Crippen LogP contribution in [0.5, 0.6) is 0 Å². The van der Waals surface area contributed by atoms with Crippen molar-refractivity contribution < 1.29 is 9.53 Å².